The molecule has 1 heterocycles. The summed E-state index contributed by atoms with van der Waals surface area (Å²) in [7, 11) is 0. The van der Waals surface area contributed by atoms with Gasteiger partial charge in [-0.3, -0.25) is 4.79 Å². The van der Waals surface area contributed by atoms with Gasteiger partial charge < -0.3 is 9.45 Å². The van der Waals surface area contributed by atoms with Crippen LogP contribution < -0.4 is 4.90 Å². The average molecular weight is 632 g/mol. The predicted octanol–water partition coefficient (Wildman–Crippen LogP) is 7.58. The molecule has 1 saturated heterocycles. The number of carbonyl (C=O) groups is 2. The van der Waals surface area contributed by atoms with E-state index in [1.807, 2.05) is 0 Å². The number of hydrogen-bond acceptors (Lipinski definition) is 4. The average Bonchev–Trinajstić information content (AvgIpc) is 3.04. The molecule has 0 spiro atoms. The van der Waals surface area contributed by atoms with Gasteiger partial charge in [-0.15, -0.1) is 0 Å². The van der Waals surface area contributed by atoms with Crippen LogP contribution >= 0.6 is 0 Å². The van der Waals surface area contributed by atoms with Crippen LogP contribution in [-0.4, -0.2) is 57.1 Å². The number of imide groups is 1. The van der Waals surface area contributed by atoms with E-state index in [0.717, 1.165) is 31.4 Å². The molecule has 1 aliphatic heterocycles. The second-order valence-electron chi connectivity index (χ2n) is 10.6. The summed E-state index contributed by atoms with van der Waals surface area (Å²) in [5.74, 6) is -5.46. The monoisotopic (exact) mass is 631 g/mol. The lowest BCUT2D eigenvalue weighted by Gasteiger charge is -2.27. The number of anilines is 1. The number of carbonyl (C=O) groups excluding carboxylic acids is 2. The number of unbranched alkanes of at least 4 members (excludes halogenated alkanes) is 6. The van der Waals surface area contributed by atoms with E-state index in [4.69, 9.17) is 5.26 Å². The summed E-state index contributed by atoms with van der Waals surface area (Å²) in [6, 6.07) is 3.38. The molecule has 15 heteroatoms. The molecule has 0 saturated carbocycles. The maximum Gasteiger partial charge on any atom is 0.453 e. The van der Waals surface area contributed by atoms with Crippen molar-refractivity contribution >= 4 is 28.8 Å². The van der Waals surface area contributed by atoms with Crippen molar-refractivity contribution in [2.24, 2.45) is 0 Å². The third-order valence-electron chi connectivity index (χ3n) is 7.04. The fraction of sp³-hybridized carbons (Fsp3) is 0.667. The fourth-order valence-corrected chi connectivity index (χ4v) is 5.75. The summed E-state index contributed by atoms with van der Waals surface area (Å²) in [4.78, 5) is 28.1. The van der Waals surface area contributed by atoms with Crippen LogP contribution in [0.15, 0.2) is 18.2 Å². The highest BCUT2D eigenvalue weighted by molar-refractivity contribution is 7.91. The summed E-state index contributed by atoms with van der Waals surface area (Å²) in [5, 5.41) is 8.99. The van der Waals surface area contributed by atoms with E-state index in [0.29, 0.717) is 36.6 Å². The molecule has 1 atom stereocenters. The third kappa shape index (κ3) is 8.95. The Morgan fingerprint density at radius 3 is 1.98 bits per heavy atom. The van der Waals surface area contributed by atoms with Crippen LogP contribution in [0, 0.1) is 11.3 Å². The van der Waals surface area contributed by atoms with Gasteiger partial charge in [0, 0.05) is 13.0 Å². The Bertz CT molecular complexity index is 1140. The molecule has 236 valence electrons. The molecule has 0 aliphatic carbocycles. The second-order valence-corrected chi connectivity index (χ2v) is 12.3. The minimum Gasteiger partial charge on any atom is -0.616 e. The first-order valence-electron chi connectivity index (χ1n) is 13.4. The molecule has 0 bridgehead atoms. The summed E-state index contributed by atoms with van der Waals surface area (Å²) in [5.41, 5.74) is -3.42. The molecular formula is C27H33F8N3O3S. The van der Waals surface area contributed by atoms with Gasteiger partial charge in [0.25, 0.3) is 5.91 Å². The van der Waals surface area contributed by atoms with Gasteiger partial charge in [-0.1, -0.05) is 36.9 Å². The SMILES string of the molecule is CC1(C)C(=O)N(c2ccc(C#N)c(C(F)(F)F)c2)C(=O)N1CCCCCCCCC[S+]([O-])CCCC(F)(F)C(F)(F)F. The van der Waals surface area contributed by atoms with Gasteiger partial charge in [0.15, 0.2) is 0 Å². The van der Waals surface area contributed by atoms with Gasteiger partial charge in [-0.05, 0) is 57.7 Å². The summed E-state index contributed by atoms with van der Waals surface area (Å²) in [6.45, 7) is 3.21. The van der Waals surface area contributed by atoms with Gasteiger partial charge in [0.2, 0.25) is 0 Å². The molecule has 0 radical (unpaired) electrons. The standard InChI is InChI=1S/C27H33F8N3O3S/c1-24(2)22(39)38(20-12-11-19(18-36)21(17-20)26(30,31)32)23(40)37(24)14-8-6-4-3-5-7-9-15-42(41)16-10-13-25(28,29)27(33,34)35/h11-12,17H,3-10,13-16H2,1-2H3. The molecule has 1 fully saturated rings. The Labute approximate surface area is 242 Å². The van der Waals surface area contributed by atoms with E-state index in [1.165, 1.54) is 24.8 Å². The van der Waals surface area contributed by atoms with Crippen LogP contribution in [-0.2, 0) is 22.1 Å². The molecule has 1 aromatic rings. The van der Waals surface area contributed by atoms with Gasteiger partial charge in [0.05, 0.1) is 22.9 Å². The first-order chi connectivity index (χ1) is 19.3. The number of benzene rings is 1. The Kier molecular flexibility index (Phi) is 12.1. The second kappa shape index (κ2) is 14.2. The summed E-state index contributed by atoms with van der Waals surface area (Å²) in [6.07, 6.45) is -7.49. The lowest BCUT2D eigenvalue weighted by Crippen LogP contribution is -2.44. The predicted molar refractivity (Wildman–Crippen MR) is 140 cm³/mol. The van der Waals surface area contributed by atoms with Crippen molar-refractivity contribution < 1.29 is 49.3 Å². The van der Waals surface area contributed by atoms with Crippen LogP contribution in [0.25, 0.3) is 0 Å². The number of rotatable bonds is 15. The highest BCUT2D eigenvalue weighted by atomic mass is 32.2. The van der Waals surface area contributed by atoms with E-state index in [1.54, 1.807) is 0 Å². The Balaban J connectivity index is 1.73. The zero-order valence-corrected chi connectivity index (χ0v) is 24.0. The maximum atomic E-state index is 13.4. The van der Waals surface area contributed by atoms with Crippen LogP contribution in [0.5, 0.6) is 0 Å². The number of urea groups is 1. The van der Waals surface area contributed by atoms with Crippen LogP contribution in [0.3, 0.4) is 0 Å². The van der Waals surface area contributed by atoms with Gasteiger partial charge in [-0.25, -0.2) is 9.69 Å². The number of halogens is 8. The lowest BCUT2D eigenvalue weighted by molar-refractivity contribution is -0.284. The zero-order chi connectivity index (χ0) is 31.9. The molecule has 0 aromatic heterocycles. The number of amides is 3. The topological polar surface area (TPSA) is 87.5 Å². The molecular weight excluding hydrogens is 598 g/mol. The molecule has 1 aliphatic rings. The summed E-state index contributed by atoms with van der Waals surface area (Å²) >= 11 is -1.47. The van der Waals surface area contributed by atoms with Crippen molar-refractivity contribution in [1.82, 2.24) is 4.90 Å². The molecule has 1 unspecified atom stereocenters. The van der Waals surface area contributed by atoms with E-state index in [9.17, 15) is 49.3 Å². The van der Waals surface area contributed by atoms with E-state index in [-0.39, 0.29) is 23.7 Å². The normalized spacial score (nSPS) is 16.7. The Morgan fingerprint density at radius 1 is 0.881 bits per heavy atom. The van der Waals surface area contributed by atoms with E-state index in [2.05, 4.69) is 0 Å². The summed E-state index contributed by atoms with van der Waals surface area (Å²) < 4.78 is 114. The van der Waals surface area contributed by atoms with Crippen LogP contribution in [0.1, 0.15) is 82.8 Å². The van der Waals surface area contributed by atoms with Crippen molar-refractivity contribution in [3.05, 3.63) is 29.3 Å². The molecule has 42 heavy (non-hydrogen) atoms. The van der Waals surface area contributed by atoms with E-state index >= 15 is 0 Å². The number of nitriles is 1. The molecule has 2 rings (SSSR count). The van der Waals surface area contributed by atoms with Crippen molar-refractivity contribution in [3.63, 3.8) is 0 Å². The number of hydrogen-bond donors (Lipinski definition) is 0. The first-order valence-corrected chi connectivity index (χ1v) is 14.9. The quantitative estimate of drug-likeness (QED) is 0.0864. The van der Waals surface area contributed by atoms with Crippen LogP contribution in [0.4, 0.5) is 45.6 Å². The molecule has 1 aromatic carbocycles. The lowest BCUT2D eigenvalue weighted by atomic mass is 10.0. The van der Waals surface area contributed by atoms with Crippen molar-refractivity contribution in [2.45, 2.75) is 95.4 Å². The highest BCUT2D eigenvalue weighted by Crippen LogP contribution is 2.39. The van der Waals surface area contributed by atoms with Gasteiger partial charge in [0.1, 0.15) is 17.0 Å². The van der Waals surface area contributed by atoms with Crippen molar-refractivity contribution in [3.8, 4) is 6.07 Å². The maximum absolute atomic E-state index is 13.4. The molecule has 3 amide bonds. The molecule has 0 N–H and O–H groups in total. The largest absolute Gasteiger partial charge is 0.616 e. The van der Waals surface area contributed by atoms with Gasteiger partial charge >= 0.3 is 24.3 Å². The Hall–Kier alpha value is -2.60. The first kappa shape index (κ1) is 35.6. The minimum absolute atomic E-state index is 0.197. The number of nitrogens with zero attached hydrogens (tertiary/aromatic N) is 3. The zero-order valence-electron chi connectivity index (χ0n) is 23.2. The van der Waals surface area contributed by atoms with Crippen molar-refractivity contribution in [2.75, 3.05) is 23.0 Å². The van der Waals surface area contributed by atoms with Gasteiger partial charge in [-0.2, -0.15) is 40.4 Å². The fourth-order valence-electron chi connectivity index (χ4n) is 4.56. The minimum atomic E-state index is -5.61. The number of alkyl halides is 8. The van der Waals surface area contributed by atoms with Crippen LogP contribution in [0.2, 0.25) is 0 Å². The smallest absolute Gasteiger partial charge is 0.453 e. The van der Waals surface area contributed by atoms with E-state index < -0.39 is 70.9 Å². The highest BCUT2D eigenvalue weighted by Gasteiger charge is 2.56. The molecule has 6 nitrogen and oxygen atoms in total. The third-order valence-corrected chi connectivity index (χ3v) is 8.53. The Morgan fingerprint density at radius 2 is 1.43 bits per heavy atom. The van der Waals surface area contributed by atoms with Crippen molar-refractivity contribution in [1.29, 1.82) is 5.26 Å².